The number of carbonyl (C=O) groups is 1. The first-order chi connectivity index (χ1) is 12.0. The van der Waals surface area contributed by atoms with Crippen molar-refractivity contribution < 1.29 is 9.53 Å². The third-order valence-corrected chi connectivity index (χ3v) is 4.65. The van der Waals surface area contributed by atoms with Crippen molar-refractivity contribution in [3.63, 3.8) is 0 Å². The van der Waals surface area contributed by atoms with Gasteiger partial charge in [-0.15, -0.1) is 0 Å². The minimum absolute atomic E-state index is 0.00809. The molecule has 4 rings (SSSR count). The number of hydrogen-bond acceptors (Lipinski definition) is 3. The molecule has 0 bridgehead atoms. The van der Waals surface area contributed by atoms with Gasteiger partial charge in [0, 0.05) is 32.1 Å². The number of fused-ring (bicyclic) bond motifs is 3. The zero-order valence-corrected chi connectivity index (χ0v) is 14.7. The van der Waals surface area contributed by atoms with Crippen LogP contribution in [0.25, 0.3) is 5.65 Å². The SMILES string of the molecule is Cc1cn2cc(C(=O)N(C)C)c3c(c2n1)OC(c1ccccc1)CC3. The standard InChI is InChI=1S/C20H21N3O2/c1-13-11-23-12-16(20(24)22(2)3)15-9-10-17(14-7-5-4-6-8-14)25-18(15)19(23)21-13/h4-8,11-12,17H,9-10H2,1-3H3. The lowest BCUT2D eigenvalue weighted by molar-refractivity contribution is 0.0823. The Bertz CT molecular complexity index is 944. The Labute approximate surface area is 146 Å². The summed E-state index contributed by atoms with van der Waals surface area (Å²) in [5, 5.41) is 0. The van der Waals surface area contributed by atoms with Crippen LogP contribution in [0.1, 0.15) is 39.7 Å². The van der Waals surface area contributed by atoms with Gasteiger partial charge in [-0.1, -0.05) is 30.3 Å². The Balaban J connectivity index is 1.86. The van der Waals surface area contributed by atoms with Crippen molar-refractivity contribution in [1.82, 2.24) is 14.3 Å². The molecule has 5 nitrogen and oxygen atoms in total. The van der Waals surface area contributed by atoms with E-state index >= 15 is 0 Å². The highest BCUT2D eigenvalue weighted by Gasteiger charge is 2.29. The molecule has 1 amide bonds. The van der Waals surface area contributed by atoms with E-state index < -0.39 is 0 Å². The topological polar surface area (TPSA) is 46.8 Å². The molecule has 1 aromatic carbocycles. The van der Waals surface area contributed by atoms with Crippen molar-refractivity contribution in [2.75, 3.05) is 14.1 Å². The predicted molar refractivity (Wildman–Crippen MR) is 96.1 cm³/mol. The third-order valence-electron chi connectivity index (χ3n) is 4.65. The number of carbonyl (C=O) groups excluding carboxylic acids is 1. The first-order valence-electron chi connectivity index (χ1n) is 8.49. The number of pyridine rings is 1. The van der Waals surface area contributed by atoms with Crippen LogP contribution in [0.15, 0.2) is 42.7 Å². The molecule has 1 aliphatic rings. The number of imidazole rings is 1. The van der Waals surface area contributed by atoms with E-state index in [9.17, 15) is 4.79 Å². The van der Waals surface area contributed by atoms with Crippen LogP contribution in [0.2, 0.25) is 0 Å². The Hall–Kier alpha value is -2.82. The number of benzene rings is 1. The quantitative estimate of drug-likeness (QED) is 0.721. The molecule has 0 saturated carbocycles. The first-order valence-corrected chi connectivity index (χ1v) is 8.49. The lowest BCUT2D eigenvalue weighted by Gasteiger charge is -2.28. The summed E-state index contributed by atoms with van der Waals surface area (Å²) in [7, 11) is 3.54. The van der Waals surface area contributed by atoms with Crippen molar-refractivity contribution >= 4 is 11.6 Å². The van der Waals surface area contributed by atoms with E-state index in [-0.39, 0.29) is 12.0 Å². The third kappa shape index (κ3) is 2.65. The second-order valence-electron chi connectivity index (χ2n) is 6.72. The fourth-order valence-electron chi connectivity index (χ4n) is 3.43. The maximum Gasteiger partial charge on any atom is 0.255 e. The summed E-state index contributed by atoms with van der Waals surface area (Å²) < 4.78 is 8.26. The van der Waals surface area contributed by atoms with Gasteiger partial charge in [0.15, 0.2) is 11.4 Å². The summed E-state index contributed by atoms with van der Waals surface area (Å²) in [5.41, 5.74) is 4.49. The predicted octanol–water partition coefficient (Wildman–Crippen LogP) is 3.41. The Morgan fingerprint density at radius 2 is 2.00 bits per heavy atom. The monoisotopic (exact) mass is 335 g/mol. The molecule has 0 saturated heterocycles. The van der Waals surface area contributed by atoms with E-state index in [0.717, 1.165) is 41.1 Å². The molecule has 2 aromatic heterocycles. The van der Waals surface area contributed by atoms with E-state index in [2.05, 4.69) is 17.1 Å². The molecule has 0 fully saturated rings. The van der Waals surface area contributed by atoms with Gasteiger partial charge in [0.25, 0.3) is 5.91 Å². The highest BCUT2D eigenvalue weighted by molar-refractivity contribution is 5.96. The zero-order chi connectivity index (χ0) is 17.6. The molecule has 0 N–H and O–H groups in total. The highest BCUT2D eigenvalue weighted by Crippen LogP contribution is 2.39. The van der Waals surface area contributed by atoms with Crippen LogP contribution in [0, 0.1) is 6.92 Å². The molecule has 5 heteroatoms. The van der Waals surface area contributed by atoms with Gasteiger partial charge in [0.1, 0.15) is 6.10 Å². The molecular formula is C20H21N3O2. The minimum Gasteiger partial charge on any atom is -0.481 e. The van der Waals surface area contributed by atoms with Crippen LogP contribution in [-0.2, 0) is 6.42 Å². The maximum absolute atomic E-state index is 12.7. The Morgan fingerprint density at radius 1 is 1.24 bits per heavy atom. The molecule has 1 atom stereocenters. The molecule has 0 aliphatic carbocycles. The Kier molecular flexibility index (Phi) is 3.71. The Morgan fingerprint density at radius 3 is 2.72 bits per heavy atom. The summed E-state index contributed by atoms with van der Waals surface area (Å²) in [6.07, 6.45) is 5.44. The van der Waals surface area contributed by atoms with Crippen LogP contribution >= 0.6 is 0 Å². The van der Waals surface area contributed by atoms with E-state index in [1.165, 1.54) is 0 Å². The second-order valence-corrected chi connectivity index (χ2v) is 6.72. The lowest BCUT2D eigenvalue weighted by Crippen LogP contribution is -2.26. The first kappa shape index (κ1) is 15.7. The fourth-order valence-corrected chi connectivity index (χ4v) is 3.43. The average Bonchev–Trinajstić information content (AvgIpc) is 3.01. The number of ether oxygens (including phenoxy) is 1. The molecule has 1 unspecified atom stereocenters. The highest BCUT2D eigenvalue weighted by atomic mass is 16.5. The number of nitrogens with zero attached hydrogens (tertiary/aromatic N) is 3. The summed E-state index contributed by atoms with van der Waals surface area (Å²) in [6, 6.07) is 10.2. The zero-order valence-electron chi connectivity index (χ0n) is 14.7. The summed E-state index contributed by atoms with van der Waals surface area (Å²) in [5.74, 6) is 0.729. The normalized spacial score (nSPS) is 16.4. The van der Waals surface area contributed by atoms with Crippen molar-refractivity contribution in [1.29, 1.82) is 0 Å². The van der Waals surface area contributed by atoms with Gasteiger partial charge in [-0.2, -0.15) is 0 Å². The maximum atomic E-state index is 12.7. The minimum atomic E-state index is -0.0146. The van der Waals surface area contributed by atoms with Gasteiger partial charge in [0.05, 0.1) is 11.3 Å². The molecule has 25 heavy (non-hydrogen) atoms. The van der Waals surface area contributed by atoms with Crippen LogP contribution < -0.4 is 4.74 Å². The van der Waals surface area contributed by atoms with Gasteiger partial charge >= 0.3 is 0 Å². The average molecular weight is 335 g/mol. The van der Waals surface area contributed by atoms with Gasteiger partial charge in [-0.3, -0.25) is 4.79 Å². The molecule has 0 radical (unpaired) electrons. The molecule has 0 spiro atoms. The van der Waals surface area contributed by atoms with E-state index in [0.29, 0.717) is 5.56 Å². The molecule has 128 valence electrons. The summed E-state index contributed by atoms with van der Waals surface area (Å²) in [4.78, 5) is 18.9. The van der Waals surface area contributed by atoms with Crippen molar-refractivity contribution in [2.24, 2.45) is 0 Å². The number of aryl methyl sites for hydroxylation is 1. The summed E-state index contributed by atoms with van der Waals surface area (Å²) >= 11 is 0. The molecule has 3 heterocycles. The number of aromatic nitrogens is 2. The number of amides is 1. The number of hydrogen-bond donors (Lipinski definition) is 0. The number of rotatable bonds is 2. The largest absolute Gasteiger partial charge is 0.481 e. The van der Waals surface area contributed by atoms with Crippen LogP contribution in [0.3, 0.4) is 0 Å². The fraction of sp³-hybridized carbons (Fsp3) is 0.300. The van der Waals surface area contributed by atoms with Crippen molar-refractivity contribution in [3.8, 4) is 5.75 Å². The van der Waals surface area contributed by atoms with E-state index in [1.54, 1.807) is 19.0 Å². The van der Waals surface area contributed by atoms with Crippen LogP contribution in [0.4, 0.5) is 0 Å². The van der Waals surface area contributed by atoms with Gasteiger partial charge in [-0.05, 0) is 25.3 Å². The molecule has 3 aromatic rings. The van der Waals surface area contributed by atoms with Crippen molar-refractivity contribution in [3.05, 3.63) is 65.1 Å². The van der Waals surface area contributed by atoms with Gasteiger partial charge in [0.2, 0.25) is 0 Å². The lowest BCUT2D eigenvalue weighted by atomic mass is 9.95. The van der Waals surface area contributed by atoms with E-state index in [4.69, 9.17) is 4.74 Å². The van der Waals surface area contributed by atoms with E-state index in [1.807, 2.05) is 41.9 Å². The van der Waals surface area contributed by atoms with Crippen LogP contribution in [0.5, 0.6) is 5.75 Å². The second kappa shape index (κ2) is 5.92. The van der Waals surface area contributed by atoms with Gasteiger partial charge in [-0.25, -0.2) is 4.98 Å². The molecular weight excluding hydrogens is 314 g/mol. The van der Waals surface area contributed by atoms with Crippen LogP contribution in [-0.4, -0.2) is 34.3 Å². The smallest absolute Gasteiger partial charge is 0.255 e. The molecule has 1 aliphatic heterocycles. The van der Waals surface area contributed by atoms with Gasteiger partial charge < -0.3 is 14.0 Å². The van der Waals surface area contributed by atoms with Crippen molar-refractivity contribution in [2.45, 2.75) is 25.9 Å². The summed E-state index contributed by atoms with van der Waals surface area (Å²) in [6.45, 7) is 1.95.